The molecule has 2 rings (SSSR count). The third-order valence-corrected chi connectivity index (χ3v) is 2.89. The van der Waals surface area contributed by atoms with Crippen molar-refractivity contribution < 1.29 is 9.90 Å². The SMILES string of the molecule is Cc1ccc(C2NCCNC2C(=O)O)cc1. The average molecular weight is 220 g/mol. The number of carbonyl (C=O) groups is 1. The molecule has 0 aliphatic carbocycles. The topological polar surface area (TPSA) is 61.4 Å². The number of carboxylic acid groups (broad SMARTS) is 1. The Morgan fingerprint density at radius 2 is 1.88 bits per heavy atom. The first-order valence-corrected chi connectivity index (χ1v) is 5.44. The van der Waals surface area contributed by atoms with Gasteiger partial charge in [-0.25, -0.2) is 0 Å². The van der Waals surface area contributed by atoms with Gasteiger partial charge in [-0.15, -0.1) is 0 Å². The zero-order valence-electron chi connectivity index (χ0n) is 9.23. The number of rotatable bonds is 2. The number of nitrogens with one attached hydrogen (secondary N) is 2. The monoisotopic (exact) mass is 220 g/mol. The highest BCUT2D eigenvalue weighted by atomic mass is 16.4. The van der Waals surface area contributed by atoms with Gasteiger partial charge in [0, 0.05) is 13.1 Å². The van der Waals surface area contributed by atoms with Gasteiger partial charge in [-0.2, -0.15) is 0 Å². The van der Waals surface area contributed by atoms with Crippen LogP contribution in [-0.4, -0.2) is 30.2 Å². The molecule has 0 radical (unpaired) electrons. The third kappa shape index (κ3) is 2.23. The molecule has 2 unspecified atom stereocenters. The Hall–Kier alpha value is -1.39. The van der Waals surface area contributed by atoms with Crippen molar-refractivity contribution in [2.45, 2.75) is 19.0 Å². The Labute approximate surface area is 94.7 Å². The second-order valence-electron chi connectivity index (χ2n) is 4.11. The van der Waals surface area contributed by atoms with E-state index in [1.807, 2.05) is 31.2 Å². The molecule has 1 fully saturated rings. The van der Waals surface area contributed by atoms with E-state index in [2.05, 4.69) is 10.6 Å². The maximum absolute atomic E-state index is 11.1. The molecule has 0 amide bonds. The normalized spacial score (nSPS) is 25.3. The summed E-state index contributed by atoms with van der Waals surface area (Å²) in [6.07, 6.45) is 0. The molecule has 0 bridgehead atoms. The van der Waals surface area contributed by atoms with Crippen molar-refractivity contribution in [3.63, 3.8) is 0 Å². The summed E-state index contributed by atoms with van der Waals surface area (Å²) in [5.74, 6) is -0.808. The van der Waals surface area contributed by atoms with E-state index in [4.69, 9.17) is 5.11 Å². The summed E-state index contributed by atoms with van der Waals surface area (Å²) in [6, 6.07) is 7.28. The Bertz CT molecular complexity index is 375. The summed E-state index contributed by atoms with van der Waals surface area (Å²) in [5.41, 5.74) is 2.20. The highest BCUT2D eigenvalue weighted by Gasteiger charge is 2.31. The van der Waals surface area contributed by atoms with Crippen LogP contribution in [0.1, 0.15) is 17.2 Å². The van der Waals surface area contributed by atoms with Crippen molar-refractivity contribution in [2.75, 3.05) is 13.1 Å². The zero-order valence-corrected chi connectivity index (χ0v) is 9.23. The fourth-order valence-electron chi connectivity index (χ4n) is 2.01. The van der Waals surface area contributed by atoms with Gasteiger partial charge in [0.15, 0.2) is 0 Å². The number of hydrogen-bond donors (Lipinski definition) is 3. The lowest BCUT2D eigenvalue weighted by Gasteiger charge is -2.31. The maximum Gasteiger partial charge on any atom is 0.322 e. The minimum absolute atomic E-state index is 0.146. The number of aryl methyl sites for hydroxylation is 1. The minimum Gasteiger partial charge on any atom is -0.480 e. The largest absolute Gasteiger partial charge is 0.480 e. The molecular formula is C12H16N2O2. The molecule has 0 spiro atoms. The van der Waals surface area contributed by atoms with Gasteiger partial charge < -0.3 is 15.7 Å². The average Bonchev–Trinajstić information content (AvgIpc) is 2.30. The second-order valence-corrected chi connectivity index (χ2v) is 4.11. The molecule has 2 atom stereocenters. The van der Waals surface area contributed by atoms with Gasteiger partial charge in [0.2, 0.25) is 0 Å². The van der Waals surface area contributed by atoms with Gasteiger partial charge in [-0.05, 0) is 12.5 Å². The van der Waals surface area contributed by atoms with E-state index in [9.17, 15) is 4.79 Å². The molecule has 4 heteroatoms. The third-order valence-electron chi connectivity index (χ3n) is 2.89. The maximum atomic E-state index is 11.1. The molecule has 1 aromatic carbocycles. The van der Waals surface area contributed by atoms with Crippen molar-refractivity contribution in [1.82, 2.24) is 10.6 Å². The fourth-order valence-corrected chi connectivity index (χ4v) is 2.01. The summed E-state index contributed by atoms with van der Waals surface area (Å²) in [5, 5.41) is 15.4. The van der Waals surface area contributed by atoms with Crippen LogP contribution in [0.2, 0.25) is 0 Å². The predicted octanol–water partition coefficient (Wildman–Crippen LogP) is 0.682. The van der Waals surface area contributed by atoms with E-state index in [-0.39, 0.29) is 6.04 Å². The molecule has 1 aliphatic rings. The van der Waals surface area contributed by atoms with Gasteiger partial charge >= 0.3 is 5.97 Å². The van der Waals surface area contributed by atoms with Crippen LogP contribution in [0.3, 0.4) is 0 Å². The van der Waals surface area contributed by atoms with Crippen LogP contribution >= 0.6 is 0 Å². The van der Waals surface area contributed by atoms with Crippen LogP contribution in [0.25, 0.3) is 0 Å². The van der Waals surface area contributed by atoms with Crippen molar-refractivity contribution in [2.24, 2.45) is 0 Å². The molecular weight excluding hydrogens is 204 g/mol. The van der Waals surface area contributed by atoms with Gasteiger partial charge in [-0.1, -0.05) is 29.8 Å². The molecule has 86 valence electrons. The zero-order chi connectivity index (χ0) is 11.5. The Morgan fingerprint density at radius 3 is 2.50 bits per heavy atom. The van der Waals surface area contributed by atoms with Gasteiger partial charge in [0.1, 0.15) is 6.04 Å². The summed E-state index contributed by atoms with van der Waals surface area (Å²) in [6.45, 7) is 3.51. The van der Waals surface area contributed by atoms with Crippen molar-refractivity contribution in [1.29, 1.82) is 0 Å². The Morgan fingerprint density at radius 1 is 1.25 bits per heavy atom. The van der Waals surface area contributed by atoms with Crippen LogP contribution in [0.15, 0.2) is 24.3 Å². The first-order chi connectivity index (χ1) is 7.68. The molecule has 1 aromatic rings. The summed E-state index contributed by atoms with van der Waals surface area (Å²) < 4.78 is 0. The van der Waals surface area contributed by atoms with Crippen molar-refractivity contribution >= 4 is 5.97 Å². The lowest BCUT2D eigenvalue weighted by molar-refractivity contribution is -0.140. The minimum atomic E-state index is -0.808. The molecule has 4 nitrogen and oxygen atoms in total. The van der Waals surface area contributed by atoms with Gasteiger partial charge in [-0.3, -0.25) is 4.79 Å². The van der Waals surface area contributed by atoms with Crippen molar-refractivity contribution in [3.8, 4) is 0 Å². The molecule has 0 saturated carbocycles. The van der Waals surface area contributed by atoms with E-state index in [0.717, 1.165) is 12.1 Å². The van der Waals surface area contributed by atoms with Crippen LogP contribution in [-0.2, 0) is 4.79 Å². The van der Waals surface area contributed by atoms with Crippen LogP contribution in [0.4, 0.5) is 0 Å². The quantitative estimate of drug-likeness (QED) is 0.686. The Kier molecular flexibility index (Phi) is 3.22. The number of aliphatic carboxylic acids is 1. The smallest absolute Gasteiger partial charge is 0.322 e. The van der Waals surface area contributed by atoms with Gasteiger partial charge in [0.05, 0.1) is 6.04 Å². The van der Waals surface area contributed by atoms with E-state index in [0.29, 0.717) is 6.54 Å². The number of piperazine rings is 1. The highest BCUT2D eigenvalue weighted by molar-refractivity contribution is 5.75. The number of benzene rings is 1. The fraction of sp³-hybridized carbons (Fsp3) is 0.417. The molecule has 0 aromatic heterocycles. The molecule has 1 heterocycles. The van der Waals surface area contributed by atoms with E-state index in [1.54, 1.807) is 0 Å². The van der Waals surface area contributed by atoms with E-state index in [1.165, 1.54) is 5.56 Å². The highest BCUT2D eigenvalue weighted by Crippen LogP contribution is 2.19. The van der Waals surface area contributed by atoms with Crippen molar-refractivity contribution in [3.05, 3.63) is 35.4 Å². The van der Waals surface area contributed by atoms with Crippen LogP contribution in [0, 0.1) is 6.92 Å². The summed E-state index contributed by atoms with van der Waals surface area (Å²) in [4.78, 5) is 11.1. The van der Waals surface area contributed by atoms with E-state index < -0.39 is 12.0 Å². The standard InChI is InChI=1S/C12H16N2O2/c1-8-2-4-9(5-3-8)10-11(12(15)16)14-7-6-13-10/h2-5,10-11,13-14H,6-7H2,1H3,(H,15,16). The molecule has 1 aliphatic heterocycles. The first-order valence-electron chi connectivity index (χ1n) is 5.44. The van der Waals surface area contributed by atoms with E-state index >= 15 is 0 Å². The molecule has 1 saturated heterocycles. The number of carboxylic acids is 1. The van der Waals surface area contributed by atoms with Crippen LogP contribution in [0.5, 0.6) is 0 Å². The molecule has 16 heavy (non-hydrogen) atoms. The van der Waals surface area contributed by atoms with Crippen LogP contribution < -0.4 is 10.6 Å². The molecule has 3 N–H and O–H groups in total. The lowest BCUT2D eigenvalue weighted by Crippen LogP contribution is -2.54. The second kappa shape index (κ2) is 4.63. The lowest BCUT2D eigenvalue weighted by atomic mass is 9.96. The van der Waals surface area contributed by atoms with Gasteiger partial charge in [0.25, 0.3) is 0 Å². The number of hydrogen-bond acceptors (Lipinski definition) is 3. The predicted molar refractivity (Wildman–Crippen MR) is 61.3 cm³/mol. The summed E-state index contributed by atoms with van der Waals surface area (Å²) >= 11 is 0. The summed E-state index contributed by atoms with van der Waals surface area (Å²) in [7, 11) is 0. The first kappa shape index (κ1) is 11.1. The Balaban J connectivity index is 2.23.